The maximum absolute atomic E-state index is 12.1. The lowest BCUT2D eigenvalue weighted by atomic mass is 9.88. The first-order chi connectivity index (χ1) is 10.9. The van der Waals surface area contributed by atoms with E-state index in [4.69, 9.17) is 4.74 Å². The zero-order valence-electron chi connectivity index (χ0n) is 15.1. The summed E-state index contributed by atoms with van der Waals surface area (Å²) in [6.07, 6.45) is 7.99. The summed E-state index contributed by atoms with van der Waals surface area (Å²) in [5, 5.41) is 3.73. The molecule has 1 saturated heterocycles. The van der Waals surface area contributed by atoms with Gasteiger partial charge in [0.2, 0.25) is 0 Å². The summed E-state index contributed by atoms with van der Waals surface area (Å²) >= 11 is 0. The normalized spacial score (nSPS) is 31.6. The zero-order chi connectivity index (χ0) is 16.4. The molecule has 23 heavy (non-hydrogen) atoms. The molecule has 1 N–H and O–H groups in total. The Labute approximate surface area is 141 Å². The summed E-state index contributed by atoms with van der Waals surface area (Å²) in [4.78, 5) is 13.9. The first kappa shape index (κ1) is 17.1. The van der Waals surface area contributed by atoms with Gasteiger partial charge in [-0.15, -0.1) is 0 Å². The first-order valence-electron chi connectivity index (χ1n) is 9.59. The zero-order valence-corrected chi connectivity index (χ0v) is 15.1. The number of nitrogens with zero attached hydrogens (tertiary/aromatic N) is 1. The predicted molar refractivity (Wildman–Crippen MR) is 92.3 cm³/mol. The average Bonchev–Trinajstić information content (AvgIpc) is 3.09. The van der Waals surface area contributed by atoms with Crippen LogP contribution in [0.4, 0.5) is 4.79 Å². The topological polar surface area (TPSA) is 41.6 Å². The summed E-state index contributed by atoms with van der Waals surface area (Å²) in [5.74, 6) is 3.72. The van der Waals surface area contributed by atoms with Crippen molar-refractivity contribution in [2.45, 2.75) is 64.9 Å². The summed E-state index contributed by atoms with van der Waals surface area (Å²) in [6, 6.07) is 0. The van der Waals surface area contributed by atoms with Crippen LogP contribution in [0.2, 0.25) is 0 Å². The van der Waals surface area contributed by atoms with Crippen LogP contribution in [0.15, 0.2) is 0 Å². The van der Waals surface area contributed by atoms with Crippen molar-refractivity contribution < 1.29 is 9.53 Å². The fraction of sp³-hybridized carbons (Fsp3) is 0.947. The van der Waals surface area contributed by atoms with E-state index in [-0.39, 0.29) is 6.09 Å². The SMILES string of the molecule is CC(C)(C)OC(=O)N1CCC(CNCC2CC3CCC2C3)CC1. The van der Waals surface area contributed by atoms with Crippen LogP contribution in [0.3, 0.4) is 0 Å². The highest BCUT2D eigenvalue weighted by atomic mass is 16.6. The number of rotatable bonds is 4. The second kappa shape index (κ2) is 7.00. The lowest BCUT2D eigenvalue weighted by molar-refractivity contribution is 0.0184. The van der Waals surface area contributed by atoms with Crippen molar-refractivity contribution in [2.24, 2.45) is 23.7 Å². The number of likely N-dealkylation sites (tertiary alicyclic amines) is 1. The predicted octanol–water partition coefficient (Wildman–Crippen LogP) is 3.66. The third-order valence-electron chi connectivity index (χ3n) is 5.99. The van der Waals surface area contributed by atoms with Crippen molar-refractivity contribution in [1.82, 2.24) is 10.2 Å². The van der Waals surface area contributed by atoms with Crippen molar-refractivity contribution in [3.63, 3.8) is 0 Å². The molecule has 3 fully saturated rings. The van der Waals surface area contributed by atoms with Gasteiger partial charge in [-0.3, -0.25) is 0 Å². The van der Waals surface area contributed by atoms with Gasteiger partial charge in [0, 0.05) is 13.1 Å². The molecule has 1 aliphatic heterocycles. The van der Waals surface area contributed by atoms with Crippen molar-refractivity contribution in [2.75, 3.05) is 26.2 Å². The highest BCUT2D eigenvalue weighted by Gasteiger charge is 2.39. The van der Waals surface area contributed by atoms with Crippen LogP contribution < -0.4 is 5.32 Å². The molecule has 0 spiro atoms. The average molecular weight is 322 g/mol. The van der Waals surface area contributed by atoms with Gasteiger partial charge < -0.3 is 15.0 Å². The van der Waals surface area contributed by atoms with E-state index in [9.17, 15) is 4.79 Å². The minimum Gasteiger partial charge on any atom is -0.444 e. The molecular weight excluding hydrogens is 288 g/mol. The Morgan fingerprint density at radius 2 is 1.83 bits per heavy atom. The molecule has 0 aromatic rings. The highest BCUT2D eigenvalue weighted by Crippen LogP contribution is 2.47. The molecular formula is C19H34N2O2. The summed E-state index contributed by atoms with van der Waals surface area (Å²) in [6.45, 7) is 9.81. The Bertz CT molecular complexity index is 410. The molecule has 2 aliphatic carbocycles. The van der Waals surface area contributed by atoms with Crippen molar-refractivity contribution >= 4 is 6.09 Å². The summed E-state index contributed by atoms with van der Waals surface area (Å²) < 4.78 is 5.46. The molecule has 0 aromatic carbocycles. The molecule has 4 heteroatoms. The van der Waals surface area contributed by atoms with Gasteiger partial charge in [-0.25, -0.2) is 4.79 Å². The first-order valence-corrected chi connectivity index (χ1v) is 9.59. The van der Waals surface area contributed by atoms with Gasteiger partial charge in [-0.05, 0) is 89.6 Å². The van der Waals surface area contributed by atoms with Gasteiger partial charge in [0.05, 0.1) is 0 Å². The van der Waals surface area contributed by atoms with Crippen molar-refractivity contribution in [1.29, 1.82) is 0 Å². The molecule has 1 amide bonds. The Hall–Kier alpha value is -0.770. The van der Waals surface area contributed by atoms with Crippen LogP contribution in [0.25, 0.3) is 0 Å². The van der Waals surface area contributed by atoms with Crippen molar-refractivity contribution in [3.8, 4) is 0 Å². The Kier molecular flexibility index (Phi) is 5.19. The van der Waals surface area contributed by atoms with E-state index in [1.807, 2.05) is 25.7 Å². The minimum atomic E-state index is -0.393. The molecule has 4 nitrogen and oxygen atoms in total. The van der Waals surface area contributed by atoms with Crippen LogP contribution >= 0.6 is 0 Å². The lowest BCUT2D eigenvalue weighted by Crippen LogP contribution is -2.43. The lowest BCUT2D eigenvalue weighted by Gasteiger charge is -2.33. The van der Waals surface area contributed by atoms with Gasteiger partial charge in [0.15, 0.2) is 0 Å². The third kappa shape index (κ3) is 4.62. The van der Waals surface area contributed by atoms with Crippen LogP contribution in [0.5, 0.6) is 0 Å². The largest absolute Gasteiger partial charge is 0.444 e. The summed E-state index contributed by atoms with van der Waals surface area (Å²) in [7, 11) is 0. The number of carbonyl (C=O) groups is 1. The second-order valence-corrected chi connectivity index (χ2v) is 9.00. The molecule has 0 radical (unpaired) electrons. The van der Waals surface area contributed by atoms with E-state index in [1.54, 1.807) is 0 Å². The standard InChI is InChI=1S/C19H34N2O2/c1-19(2,3)23-18(22)21-8-6-14(7-9-21)12-20-13-17-11-15-4-5-16(17)10-15/h14-17,20H,4-13H2,1-3H3. The number of fused-ring (bicyclic) bond motifs is 2. The number of nitrogens with one attached hydrogen (secondary N) is 1. The monoisotopic (exact) mass is 322 g/mol. The molecule has 1 heterocycles. The van der Waals surface area contributed by atoms with E-state index in [1.165, 1.54) is 32.2 Å². The van der Waals surface area contributed by atoms with E-state index in [0.717, 1.165) is 50.2 Å². The Morgan fingerprint density at radius 1 is 1.09 bits per heavy atom. The highest BCUT2D eigenvalue weighted by molar-refractivity contribution is 5.68. The molecule has 132 valence electrons. The summed E-state index contributed by atoms with van der Waals surface area (Å²) in [5.41, 5.74) is -0.393. The molecule has 3 rings (SSSR count). The van der Waals surface area contributed by atoms with Gasteiger partial charge >= 0.3 is 6.09 Å². The molecule has 3 aliphatic rings. The van der Waals surface area contributed by atoms with Crippen molar-refractivity contribution in [3.05, 3.63) is 0 Å². The van der Waals surface area contributed by atoms with Gasteiger partial charge in [0.1, 0.15) is 5.60 Å². The van der Waals surface area contributed by atoms with E-state index in [0.29, 0.717) is 5.92 Å². The minimum absolute atomic E-state index is 0.147. The quantitative estimate of drug-likeness (QED) is 0.859. The Balaban J connectivity index is 1.31. The number of carbonyl (C=O) groups excluding carboxylic acids is 1. The van der Waals surface area contributed by atoms with E-state index >= 15 is 0 Å². The molecule has 3 atom stereocenters. The van der Waals surface area contributed by atoms with Gasteiger partial charge in [-0.1, -0.05) is 6.42 Å². The maximum atomic E-state index is 12.1. The fourth-order valence-corrected chi connectivity index (χ4v) is 4.75. The van der Waals surface area contributed by atoms with Crippen LogP contribution in [-0.2, 0) is 4.74 Å². The third-order valence-corrected chi connectivity index (χ3v) is 5.99. The molecule has 0 aromatic heterocycles. The van der Waals surface area contributed by atoms with Gasteiger partial charge in [0.25, 0.3) is 0 Å². The second-order valence-electron chi connectivity index (χ2n) is 9.00. The van der Waals surface area contributed by atoms with E-state index < -0.39 is 5.60 Å². The number of piperidine rings is 1. The molecule has 3 unspecified atom stereocenters. The Morgan fingerprint density at radius 3 is 2.39 bits per heavy atom. The number of hydrogen-bond acceptors (Lipinski definition) is 3. The number of amides is 1. The van der Waals surface area contributed by atoms with Crippen LogP contribution in [0, 0.1) is 23.7 Å². The number of hydrogen-bond donors (Lipinski definition) is 1. The van der Waals surface area contributed by atoms with E-state index in [2.05, 4.69) is 5.32 Å². The van der Waals surface area contributed by atoms with Crippen LogP contribution in [0.1, 0.15) is 59.3 Å². The molecule has 2 saturated carbocycles. The smallest absolute Gasteiger partial charge is 0.410 e. The number of ether oxygens (including phenoxy) is 1. The fourth-order valence-electron chi connectivity index (χ4n) is 4.75. The van der Waals surface area contributed by atoms with Crippen LogP contribution in [-0.4, -0.2) is 42.8 Å². The molecule has 2 bridgehead atoms. The van der Waals surface area contributed by atoms with Gasteiger partial charge in [-0.2, -0.15) is 0 Å². The maximum Gasteiger partial charge on any atom is 0.410 e.